The van der Waals surface area contributed by atoms with Gasteiger partial charge in [-0.05, 0) is 71.0 Å². The van der Waals surface area contributed by atoms with Gasteiger partial charge in [0.25, 0.3) is 0 Å². The minimum absolute atomic E-state index is 0.0420. The standard InChI is InChI=1S/C36H37N5O7S/c1-21-6-12-25(13-7-21)32(42)45-19-28-29(47-33(43)26-14-8-22(2)9-15-26)36(5,48-34(44)27-16-10-23(3)11-17-27)30(46-28)31-38-18-24(4)41(31)40-35(37)39-20-49/h6-18,20,28-30H,19H2,1-5H3,(H3,37,39,40,49)/t28-,29-,30+,36-/m1/s1. The predicted octanol–water partition coefficient (Wildman–Crippen LogP) is 4.88. The van der Waals surface area contributed by atoms with Crippen molar-refractivity contribution >= 4 is 41.6 Å². The van der Waals surface area contributed by atoms with Crippen LogP contribution in [0.5, 0.6) is 0 Å². The van der Waals surface area contributed by atoms with Crippen LogP contribution in [0, 0.1) is 27.7 Å². The number of hydrogen-bond donors (Lipinski definition) is 2. The van der Waals surface area contributed by atoms with E-state index in [1.54, 1.807) is 86.6 Å². The van der Waals surface area contributed by atoms with Gasteiger partial charge < -0.3 is 30.0 Å². The molecule has 0 saturated carbocycles. The number of nitrogens with zero attached hydrogens (tertiary/aromatic N) is 3. The highest BCUT2D eigenvalue weighted by Gasteiger charge is 2.61. The van der Waals surface area contributed by atoms with Crippen molar-refractivity contribution in [1.82, 2.24) is 15.0 Å². The first-order valence-electron chi connectivity index (χ1n) is 15.5. The Bertz CT molecular complexity index is 1870. The summed E-state index contributed by atoms with van der Waals surface area (Å²) in [7, 11) is 0. The number of aryl methyl sites for hydroxylation is 4. The number of imidazole rings is 1. The van der Waals surface area contributed by atoms with Gasteiger partial charge >= 0.3 is 17.9 Å². The fourth-order valence-corrected chi connectivity index (χ4v) is 5.48. The second-order valence-electron chi connectivity index (χ2n) is 12.0. The molecule has 0 spiro atoms. The van der Waals surface area contributed by atoms with E-state index in [4.69, 9.17) is 36.9 Å². The molecule has 0 radical (unpaired) electrons. The molecule has 0 bridgehead atoms. The highest BCUT2D eigenvalue weighted by Crippen LogP contribution is 2.46. The first-order chi connectivity index (χ1) is 23.4. The zero-order valence-corrected chi connectivity index (χ0v) is 28.5. The molecule has 0 aliphatic carbocycles. The van der Waals surface area contributed by atoms with Crippen molar-refractivity contribution in [3.63, 3.8) is 0 Å². The van der Waals surface area contributed by atoms with Crippen LogP contribution < -0.4 is 11.1 Å². The molecule has 3 aromatic carbocycles. The first kappa shape index (κ1) is 34.9. The molecule has 2 heterocycles. The van der Waals surface area contributed by atoms with Crippen LogP contribution in [0.4, 0.5) is 0 Å². The molecule has 254 valence electrons. The maximum absolute atomic E-state index is 13.8. The Morgan fingerprint density at radius 1 is 0.898 bits per heavy atom. The Morgan fingerprint density at radius 3 is 1.94 bits per heavy atom. The SMILES string of the molecule is Cc1ccc(C(=O)OC[C@H]2O[C@@H](c3ncc(C)n3/N=C(/N)NC=S)[C@](C)(OC(=O)c3ccc(C)cc3)[C@@H]2OC(=O)c2ccc(C)cc2)cc1. The van der Waals surface area contributed by atoms with Crippen molar-refractivity contribution < 1.29 is 33.3 Å². The monoisotopic (exact) mass is 683 g/mol. The second-order valence-corrected chi connectivity index (χ2v) is 12.2. The van der Waals surface area contributed by atoms with Gasteiger partial charge in [-0.3, -0.25) is 0 Å². The summed E-state index contributed by atoms with van der Waals surface area (Å²) in [5, 5.41) is 7.02. The van der Waals surface area contributed by atoms with Crippen LogP contribution in [0.3, 0.4) is 0 Å². The Hall–Kier alpha value is -5.40. The fraction of sp³-hybridized carbons (Fsp3) is 0.278. The summed E-state index contributed by atoms with van der Waals surface area (Å²) in [4.78, 5) is 45.1. The van der Waals surface area contributed by atoms with Gasteiger partial charge in [-0.25, -0.2) is 24.0 Å². The van der Waals surface area contributed by atoms with E-state index in [1.807, 2.05) is 20.8 Å². The number of nitrogens with one attached hydrogen (secondary N) is 1. The topological polar surface area (TPSA) is 156 Å². The molecule has 1 aliphatic heterocycles. The molecule has 3 N–H and O–H groups in total. The third kappa shape index (κ3) is 7.85. The number of esters is 3. The van der Waals surface area contributed by atoms with Crippen molar-refractivity contribution in [2.75, 3.05) is 6.61 Å². The molecular formula is C36H37N5O7S. The van der Waals surface area contributed by atoms with Crippen molar-refractivity contribution in [2.24, 2.45) is 10.8 Å². The summed E-state index contributed by atoms with van der Waals surface area (Å²) in [6.45, 7) is 8.66. The van der Waals surface area contributed by atoms with Crippen LogP contribution in [0.15, 0.2) is 84.1 Å². The molecule has 13 heteroatoms. The van der Waals surface area contributed by atoms with Gasteiger partial charge in [0, 0.05) is 0 Å². The Balaban J connectivity index is 1.58. The highest BCUT2D eigenvalue weighted by atomic mass is 32.1. The Labute approximate surface area is 289 Å². The molecule has 49 heavy (non-hydrogen) atoms. The van der Waals surface area contributed by atoms with E-state index in [1.165, 1.54) is 16.4 Å². The lowest BCUT2D eigenvalue weighted by Gasteiger charge is -2.34. The number of guanidine groups is 1. The number of aromatic nitrogens is 2. The summed E-state index contributed by atoms with van der Waals surface area (Å²) in [6.07, 6.45) is -2.07. The van der Waals surface area contributed by atoms with E-state index in [0.29, 0.717) is 11.3 Å². The van der Waals surface area contributed by atoms with Gasteiger partial charge in [0.1, 0.15) is 12.7 Å². The summed E-state index contributed by atoms with van der Waals surface area (Å²) in [5.41, 5.74) is 9.76. The minimum Gasteiger partial charge on any atom is -0.459 e. The summed E-state index contributed by atoms with van der Waals surface area (Å²) in [5.74, 6) is -1.89. The number of nitrogens with two attached hydrogens (primary N) is 1. The minimum atomic E-state index is -1.74. The van der Waals surface area contributed by atoms with E-state index >= 15 is 0 Å². The molecule has 0 amide bonds. The van der Waals surface area contributed by atoms with Crippen molar-refractivity contribution in [1.29, 1.82) is 0 Å². The van der Waals surface area contributed by atoms with Crippen LogP contribution >= 0.6 is 12.2 Å². The summed E-state index contributed by atoms with van der Waals surface area (Å²) >= 11 is 4.85. The third-order valence-electron chi connectivity index (χ3n) is 8.11. The molecule has 1 aromatic heterocycles. The van der Waals surface area contributed by atoms with Crippen molar-refractivity contribution in [3.05, 3.63) is 124 Å². The number of ether oxygens (including phenoxy) is 4. The molecule has 0 unspecified atom stereocenters. The molecule has 1 aliphatic rings. The quantitative estimate of drug-likeness (QED) is 0.0772. The smallest absolute Gasteiger partial charge is 0.338 e. The average molecular weight is 684 g/mol. The zero-order valence-electron chi connectivity index (χ0n) is 27.7. The van der Waals surface area contributed by atoms with Crippen molar-refractivity contribution in [2.45, 2.75) is 58.5 Å². The number of thiocarbonyl (C=S) groups is 1. The molecule has 1 fully saturated rings. The lowest BCUT2D eigenvalue weighted by atomic mass is 9.91. The van der Waals surface area contributed by atoms with Gasteiger partial charge in [-0.15, -0.1) is 5.10 Å². The number of carbonyl (C=O) groups is 3. The molecule has 1 saturated heterocycles. The zero-order chi connectivity index (χ0) is 35.3. The fourth-order valence-electron chi connectivity index (χ4n) is 5.36. The molecule has 5 rings (SSSR count). The van der Waals surface area contributed by atoms with Crippen LogP contribution in [0.25, 0.3) is 0 Å². The lowest BCUT2D eigenvalue weighted by Crippen LogP contribution is -2.50. The second kappa shape index (κ2) is 14.8. The van der Waals surface area contributed by atoms with Gasteiger partial charge in [-0.2, -0.15) is 0 Å². The predicted molar refractivity (Wildman–Crippen MR) is 185 cm³/mol. The third-order valence-corrected chi connectivity index (χ3v) is 8.22. The Morgan fingerprint density at radius 2 is 1.41 bits per heavy atom. The van der Waals surface area contributed by atoms with Crippen LogP contribution in [-0.2, 0) is 18.9 Å². The van der Waals surface area contributed by atoms with Gasteiger partial charge in [0.2, 0.25) is 5.96 Å². The van der Waals surface area contributed by atoms with Gasteiger partial charge in [0.05, 0.1) is 34.1 Å². The van der Waals surface area contributed by atoms with E-state index in [0.717, 1.165) is 16.7 Å². The summed E-state index contributed by atoms with van der Waals surface area (Å²) < 4.78 is 26.0. The van der Waals surface area contributed by atoms with Gasteiger partial charge in [0.15, 0.2) is 23.6 Å². The van der Waals surface area contributed by atoms with Crippen LogP contribution in [0.2, 0.25) is 0 Å². The average Bonchev–Trinajstić information content (AvgIpc) is 3.55. The van der Waals surface area contributed by atoms with Gasteiger partial charge in [-0.1, -0.05) is 65.3 Å². The highest BCUT2D eigenvalue weighted by molar-refractivity contribution is 7.78. The Kier molecular flexibility index (Phi) is 10.5. The largest absolute Gasteiger partial charge is 0.459 e. The molecular weight excluding hydrogens is 646 g/mol. The maximum atomic E-state index is 13.8. The van der Waals surface area contributed by atoms with E-state index in [9.17, 15) is 14.4 Å². The normalized spacial score (nSPS) is 20.3. The number of rotatable bonds is 10. The molecule has 4 aromatic rings. The van der Waals surface area contributed by atoms with Crippen molar-refractivity contribution in [3.8, 4) is 0 Å². The van der Waals surface area contributed by atoms with Crippen LogP contribution in [-0.4, -0.2) is 63.4 Å². The van der Waals surface area contributed by atoms with Crippen LogP contribution in [0.1, 0.15) is 72.3 Å². The number of benzene rings is 3. The van der Waals surface area contributed by atoms with E-state index in [-0.39, 0.29) is 29.5 Å². The summed E-state index contributed by atoms with van der Waals surface area (Å²) in [6, 6.07) is 20.5. The molecule has 12 nitrogen and oxygen atoms in total. The lowest BCUT2D eigenvalue weighted by molar-refractivity contribution is -0.0910. The first-order valence-corrected chi connectivity index (χ1v) is 15.9. The number of carbonyl (C=O) groups excluding carboxylic acids is 3. The van der Waals surface area contributed by atoms with E-state index < -0.39 is 41.8 Å². The van der Waals surface area contributed by atoms with E-state index in [2.05, 4.69) is 15.4 Å². The number of hydrogen-bond acceptors (Lipinski definition) is 10. The maximum Gasteiger partial charge on any atom is 0.338 e. The molecule has 4 atom stereocenters.